The van der Waals surface area contributed by atoms with Crippen molar-refractivity contribution in [1.29, 1.82) is 0 Å². The molecule has 1 rings (SSSR count). The Kier molecular flexibility index (Phi) is 6.32. The summed E-state index contributed by atoms with van der Waals surface area (Å²) in [5, 5.41) is 11.3. The van der Waals surface area contributed by atoms with E-state index in [0.29, 0.717) is 5.56 Å². The van der Waals surface area contributed by atoms with Crippen LogP contribution in [0.2, 0.25) is 0 Å². The van der Waals surface area contributed by atoms with Crippen LogP contribution in [0, 0.1) is 5.82 Å². The van der Waals surface area contributed by atoms with Crippen molar-refractivity contribution in [3.63, 3.8) is 0 Å². The zero-order chi connectivity index (χ0) is 15.8. The third kappa shape index (κ3) is 6.03. The standard InChI is InChI=1S/C14H16FNO5/c1-21-13(18)6-5-11(14(19)20)16-12(17)8-9-3-2-4-10(15)7-9/h2-4,7,11H,5-6,8H2,1H3,(H,16,17)(H,19,20). The lowest BCUT2D eigenvalue weighted by Gasteiger charge is -2.14. The number of carboxylic acid groups (broad SMARTS) is 1. The molecular weight excluding hydrogens is 281 g/mol. The highest BCUT2D eigenvalue weighted by molar-refractivity contribution is 5.85. The number of hydrogen-bond acceptors (Lipinski definition) is 4. The van der Waals surface area contributed by atoms with Crippen molar-refractivity contribution < 1.29 is 28.6 Å². The first-order valence-electron chi connectivity index (χ1n) is 6.25. The molecule has 0 aromatic heterocycles. The first-order valence-corrected chi connectivity index (χ1v) is 6.25. The van der Waals surface area contributed by atoms with Crippen molar-refractivity contribution in [2.75, 3.05) is 7.11 Å². The van der Waals surface area contributed by atoms with Gasteiger partial charge in [-0.3, -0.25) is 9.59 Å². The van der Waals surface area contributed by atoms with Gasteiger partial charge in [-0.2, -0.15) is 0 Å². The Morgan fingerprint density at radius 3 is 2.67 bits per heavy atom. The van der Waals surface area contributed by atoms with Gasteiger partial charge in [-0.1, -0.05) is 12.1 Å². The van der Waals surface area contributed by atoms with E-state index >= 15 is 0 Å². The SMILES string of the molecule is COC(=O)CCC(NC(=O)Cc1cccc(F)c1)C(=O)O. The van der Waals surface area contributed by atoms with Gasteiger partial charge < -0.3 is 15.2 Å². The highest BCUT2D eigenvalue weighted by Gasteiger charge is 2.21. The highest BCUT2D eigenvalue weighted by atomic mass is 19.1. The number of aliphatic carboxylic acids is 1. The maximum atomic E-state index is 13.0. The lowest BCUT2D eigenvalue weighted by Crippen LogP contribution is -2.41. The Morgan fingerprint density at radius 1 is 1.38 bits per heavy atom. The van der Waals surface area contributed by atoms with Crippen LogP contribution in [0.1, 0.15) is 18.4 Å². The van der Waals surface area contributed by atoms with E-state index in [4.69, 9.17) is 5.11 Å². The number of carbonyl (C=O) groups excluding carboxylic acids is 2. The first-order chi connectivity index (χ1) is 9.92. The molecule has 0 radical (unpaired) electrons. The molecule has 0 aliphatic rings. The third-order valence-electron chi connectivity index (χ3n) is 2.75. The lowest BCUT2D eigenvalue weighted by atomic mass is 10.1. The molecular formula is C14H16FNO5. The second kappa shape index (κ2) is 7.98. The minimum atomic E-state index is -1.24. The number of rotatable bonds is 7. The summed E-state index contributed by atoms with van der Waals surface area (Å²) in [7, 11) is 1.20. The molecule has 21 heavy (non-hydrogen) atoms. The minimum absolute atomic E-state index is 0.0725. The fourth-order valence-corrected chi connectivity index (χ4v) is 1.70. The maximum Gasteiger partial charge on any atom is 0.326 e. The molecule has 1 aromatic carbocycles. The normalized spacial score (nSPS) is 11.5. The summed E-state index contributed by atoms with van der Waals surface area (Å²) in [4.78, 5) is 33.7. The highest BCUT2D eigenvalue weighted by Crippen LogP contribution is 2.05. The summed E-state index contributed by atoms with van der Waals surface area (Å²) in [6, 6.07) is 4.28. The first kappa shape index (κ1) is 16.6. The minimum Gasteiger partial charge on any atom is -0.480 e. The molecule has 0 saturated carbocycles. The number of hydrogen-bond donors (Lipinski definition) is 2. The van der Waals surface area contributed by atoms with Crippen molar-refractivity contribution in [2.45, 2.75) is 25.3 Å². The molecule has 114 valence electrons. The van der Waals surface area contributed by atoms with Gasteiger partial charge in [0.15, 0.2) is 0 Å². The summed E-state index contributed by atoms with van der Waals surface area (Å²) in [6.07, 6.45) is -0.329. The number of ether oxygens (including phenoxy) is 1. The van der Waals surface area contributed by atoms with Crippen molar-refractivity contribution in [1.82, 2.24) is 5.32 Å². The van der Waals surface area contributed by atoms with Gasteiger partial charge in [0.25, 0.3) is 0 Å². The van der Waals surface area contributed by atoms with Gasteiger partial charge in [-0.15, -0.1) is 0 Å². The predicted molar refractivity (Wildman–Crippen MR) is 70.9 cm³/mol. The van der Waals surface area contributed by atoms with Gasteiger partial charge in [0.05, 0.1) is 13.5 Å². The second-order valence-electron chi connectivity index (χ2n) is 4.38. The average molecular weight is 297 g/mol. The molecule has 6 nitrogen and oxygen atoms in total. The summed E-state index contributed by atoms with van der Waals surface area (Å²) in [6.45, 7) is 0. The van der Waals surface area contributed by atoms with E-state index in [-0.39, 0.29) is 19.3 Å². The van der Waals surface area contributed by atoms with Gasteiger partial charge in [-0.25, -0.2) is 9.18 Å². The van der Waals surface area contributed by atoms with E-state index in [1.165, 1.54) is 25.3 Å². The van der Waals surface area contributed by atoms with Crippen LogP contribution in [-0.2, 0) is 25.5 Å². The summed E-state index contributed by atoms with van der Waals surface area (Å²) < 4.78 is 17.4. The van der Waals surface area contributed by atoms with E-state index in [2.05, 4.69) is 10.1 Å². The third-order valence-corrected chi connectivity index (χ3v) is 2.75. The van der Waals surface area contributed by atoms with Crippen LogP contribution in [0.15, 0.2) is 24.3 Å². The molecule has 0 spiro atoms. The number of methoxy groups -OCH3 is 1. The Balaban J connectivity index is 2.56. The van der Waals surface area contributed by atoms with E-state index in [1.54, 1.807) is 6.07 Å². The molecule has 7 heteroatoms. The van der Waals surface area contributed by atoms with Crippen LogP contribution in [-0.4, -0.2) is 36.1 Å². The quantitative estimate of drug-likeness (QED) is 0.729. The van der Waals surface area contributed by atoms with E-state index in [9.17, 15) is 18.8 Å². The Morgan fingerprint density at radius 2 is 2.10 bits per heavy atom. The number of halogens is 1. The molecule has 0 aliphatic carbocycles. The van der Waals surface area contributed by atoms with Crippen LogP contribution >= 0.6 is 0 Å². The van der Waals surface area contributed by atoms with E-state index in [0.717, 1.165) is 0 Å². The Labute approximate surface area is 120 Å². The summed E-state index contributed by atoms with van der Waals surface area (Å²) >= 11 is 0. The maximum absolute atomic E-state index is 13.0. The molecule has 1 aromatic rings. The van der Waals surface area contributed by atoms with Crippen LogP contribution in [0.3, 0.4) is 0 Å². The number of carbonyl (C=O) groups is 3. The van der Waals surface area contributed by atoms with Gasteiger partial charge in [0, 0.05) is 6.42 Å². The number of carboxylic acids is 1. The monoisotopic (exact) mass is 297 g/mol. The fraction of sp³-hybridized carbons (Fsp3) is 0.357. The molecule has 2 N–H and O–H groups in total. The van der Waals surface area contributed by atoms with Gasteiger partial charge in [0.1, 0.15) is 11.9 Å². The van der Waals surface area contributed by atoms with Gasteiger partial charge in [0.2, 0.25) is 5.91 Å². The van der Waals surface area contributed by atoms with Crippen LogP contribution in [0.4, 0.5) is 4.39 Å². The number of esters is 1. The smallest absolute Gasteiger partial charge is 0.326 e. The van der Waals surface area contributed by atoms with E-state index in [1.807, 2.05) is 0 Å². The number of nitrogens with one attached hydrogen (secondary N) is 1. The zero-order valence-electron chi connectivity index (χ0n) is 11.5. The second-order valence-corrected chi connectivity index (χ2v) is 4.38. The van der Waals surface area contributed by atoms with Gasteiger partial charge >= 0.3 is 11.9 Å². The molecule has 0 bridgehead atoms. The number of benzene rings is 1. The molecule has 1 amide bonds. The summed E-state index contributed by atoms with van der Waals surface area (Å²) in [5.74, 6) is -2.83. The Bertz CT molecular complexity index is 532. The predicted octanol–water partition coefficient (Wildman–Crippen LogP) is 0.891. The fourth-order valence-electron chi connectivity index (χ4n) is 1.70. The largest absolute Gasteiger partial charge is 0.480 e. The average Bonchev–Trinajstić information content (AvgIpc) is 2.42. The zero-order valence-corrected chi connectivity index (χ0v) is 11.5. The molecule has 1 unspecified atom stereocenters. The molecule has 1 atom stereocenters. The Hall–Kier alpha value is -2.44. The number of amides is 1. The molecule has 0 saturated heterocycles. The lowest BCUT2D eigenvalue weighted by molar-refractivity contribution is -0.144. The molecule has 0 aliphatic heterocycles. The van der Waals surface area contributed by atoms with Crippen molar-refractivity contribution in [3.05, 3.63) is 35.6 Å². The van der Waals surface area contributed by atoms with E-state index < -0.39 is 29.7 Å². The molecule has 0 fully saturated rings. The topological polar surface area (TPSA) is 92.7 Å². The van der Waals surface area contributed by atoms with Crippen LogP contribution in [0.5, 0.6) is 0 Å². The van der Waals surface area contributed by atoms with Gasteiger partial charge in [-0.05, 0) is 24.1 Å². The van der Waals surface area contributed by atoms with Crippen LogP contribution in [0.25, 0.3) is 0 Å². The van der Waals surface area contributed by atoms with Crippen molar-refractivity contribution >= 4 is 17.8 Å². The van der Waals surface area contributed by atoms with Crippen LogP contribution < -0.4 is 5.32 Å². The van der Waals surface area contributed by atoms with Crippen molar-refractivity contribution in [3.8, 4) is 0 Å². The molecule has 0 heterocycles. The van der Waals surface area contributed by atoms with Crippen molar-refractivity contribution in [2.24, 2.45) is 0 Å². The summed E-state index contributed by atoms with van der Waals surface area (Å²) in [5.41, 5.74) is 0.435.